The monoisotopic (exact) mass is 455 g/mol. The molecule has 186 valence electrons. The highest BCUT2D eigenvalue weighted by molar-refractivity contribution is 5.70. The summed E-state index contributed by atoms with van der Waals surface area (Å²) in [5.74, 6) is -5.29. The number of aliphatic carboxylic acids is 3. The van der Waals surface area contributed by atoms with Gasteiger partial charge in [0, 0.05) is 11.9 Å². The molecular formula is C25H45NO6. The molecule has 3 atom stereocenters. The average Bonchev–Trinajstić information content (AvgIpc) is 2.71. The third kappa shape index (κ3) is 13.5. The molecule has 0 spiro atoms. The van der Waals surface area contributed by atoms with Gasteiger partial charge in [-0.05, 0) is 46.0 Å². The van der Waals surface area contributed by atoms with E-state index in [-0.39, 0.29) is 24.1 Å². The molecule has 0 saturated carbocycles. The number of hydrogen-bond donors (Lipinski definition) is 2. The van der Waals surface area contributed by atoms with Crippen LogP contribution in [0, 0.1) is 17.8 Å². The number of rotatable bonds is 20. The lowest BCUT2D eigenvalue weighted by molar-refractivity contribution is -0.934. The van der Waals surface area contributed by atoms with E-state index in [1.807, 2.05) is 0 Å². The lowest BCUT2D eigenvalue weighted by Crippen LogP contribution is -2.58. The topological polar surface area (TPSA) is 115 Å². The molecule has 32 heavy (non-hydrogen) atoms. The van der Waals surface area contributed by atoms with Crippen molar-refractivity contribution in [2.75, 3.05) is 26.2 Å². The quantitative estimate of drug-likeness (QED) is 0.164. The molecule has 0 aromatic heterocycles. The molecule has 0 aromatic carbocycles. The summed E-state index contributed by atoms with van der Waals surface area (Å²) in [5, 5.41) is 30.3. The number of unbranched alkanes of at least 4 members (excludes halogenated alkanes) is 7. The fraction of sp³-hybridized carbons (Fsp3) is 0.800. The standard InChI is InChI=1S/C25H45NO6/c1-5-6-7-8-9-10-11-12-13-14-15-16-26(17-20(2)23(27)28,18-21(3)24(29)30)19-22(4)25(31)32/h11-12,20-22H,5-10,13-19H2,1-4H3,(H2-,27,28,29,30,31,32)/b12-11+. The van der Waals surface area contributed by atoms with Gasteiger partial charge >= 0.3 is 11.9 Å². The minimum atomic E-state index is -1.19. The summed E-state index contributed by atoms with van der Waals surface area (Å²) >= 11 is 0. The minimum Gasteiger partial charge on any atom is -0.550 e. The number of carbonyl (C=O) groups excluding carboxylic acids is 1. The van der Waals surface area contributed by atoms with E-state index < -0.39 is 35.7 Å². The molecule has 0 amide bonds. The number of allylic oxidation sites excluding steroid dienone is 2. The van der Waals surface area contributed by atoms with Crippen LogP contribution in [0.5, 0.6) is 0 Å². The van der Waals surface area contributed by atoms with Crippen LogP contribution in [0.4, 0.5) is 0 Å². The third-order valence-corrected chi connectivity index (χ3v) is 6.12. The molecule has 0 aromatic rings. The van der Waals surface area contributed by atoms with E-state index in [0.717, 1.165) is 25.7 Å². The molecule has 0 aliphatic heterocycles. The Labute approximate surface area is 194 Å². The zero-order valence-corrected chi connectivity index (χ0v) is 20.6. The Kier molecular flexibility index (Phi) is 15.7. The second-order valence-electron chi connectivity index (χ2n) is 9.48. The molecule has 0 fully saturated rings. The Morgan fingerprint density at radius 1 is 0.750 bits per heavy atom. The van der Waals surface area contributed by atoms with Gasteiger partial charge in [0.1, 0.15) is 11.8 Å². The highest BCUT2D eigenvalue weighted by atomic mass is 16.4. The Balaban J connectivity index is 5.01. The van der Waals surface area contributed by atoms with Crippen molar-refractivity contribution in [3.63, 3.8) is 0 Å². The summed E-state index contributed by atoms with van der Waals surface area (Å²) < 4.78 is 0.164. The van der Waals surface area contributed by atoms with Crippen LogP contribution in [0.1, 0.15) is 85.5 Å². The first kappa shape index (κ1) is 30.1. The molecule has 0 aliphatic rings. The van der Waals surface area contributed by atoms with E-state index in [1.165, 1.54) is 32.1 Å². The van der Waals surface area contributed by atoms with Crippen molar-refractivity contribution in [3.05, 3.63) is 12.2 Å². The fourth-order valence-corrected chi connectivity index (χ4v) is 4.28. The molecule has 0 saturated heterocycles. The lowest BCUT2D eigenvalue weighted by atomic mass is 10.0. The Hall–Kier alpha value is -1.89. The van der Waals surface area contributed by atoms with Gasteiger partial charge in [0.25, 0.3) is 0 Å². The Bertz CT molecular complexity index is 534. The number of nitrogens with zero attached hydrogens (tertiary/aromatic N) is 1. The van der Waals surface area contributed by atoms with Gasteiger partial charge in [-0.15, -0.1) is 0 Å². The van der Waals surface area contributed by atoms with Crippen molar-refractivity contribution in [3.8, 4) is 0 Å². The van der Waals surface area contributed by atoms with E-state index in [0.29, 0.717) is 6.54 Å². The van der Waals surface area contributed by atoms with Gasteiger partial charge < -0.3 is 24.6 Å². The summed E-state index contributed by atoms with van der Waals surface area (Å²) in [7, 11) is 0. The van der Waals surface area contributed by atoms with Gasteiger partial charge in [-0.1, -0.05) is 51.7 Å². The highest BCUT2D eigenvalue weighted by Crippen LogP contribution is 2.21. The van der Waals surface area contributed by atoms with E-state index in [4.69, 9.17) is 0 Å². The van der Waals surface area contributed by atoms with Crippen molar-refractivity contribution in [2.24, 2.45) is 17.8 Å². The van der Waals surface area contributed by atoms with Crippen LogP contribution in [0.2, 0.25) is 0 Å². The maximum absolute atomic E-state index is 11.5. The van der Waals surface area contributed by atoms with Crippen LogP contribution in [-0.4, -0.2) is 58.8 Å². The summed E-state index contributed by atoms with van der Waals surface area (Å²) in [6.45, 7) is 8.07. The van der Waals surface area contributed by atoms with Crippen molar-refractivity contribution in [1.29, 1.82) is 0 Å². The van der Waals surface area contributed by atoms with Crippen LogP contribution >= 0.6 is 0 Å². The normalized spacial score (nSPS) is 16.4. The Morgan fingerprint density at radius 2 is 1.19 bits per heavy atom. The number of carboxylic acids is 3. The van der Waals surface area contributed by atoms with Gasteiger partial charge in [0.15, 0.2) is 0 Å². The number of carboxylic acid groups (broad SMARTS) is 3. The summed E-state index contributed by atoms with van der Waals surface area (Å²) in [6.07, 6.45) is 14.4. The van der Waals surface area contributed by atoms with Crippen molar-refractivity contribution in [1.82, 2.24) is 0 Å². The lowest BCUT2D eigenvalue weighted by Gasteiger charge is -2.43. The van der Waals surface area contributed by atoms with Crippen LogP contribution in [0.25, 0.3) is 0 Å². The molecule has 3 unspecified atom stereocenters. The first-order valence-corrected chi connectivity index (χ1v) is 12.2. The van der Waals surface area contributed by atoms with E-state index in [2.05, 4.69) is 19.1 Å². The van der Waals surface area contributed by atoms with Crippen LogP contribution in [0.15, 0.2) is 12.2 Å². The number of hydrogen-bond acceptors (Lipinski definition) is 4. The average molecular weight is 456 g/mol. The molecule has 0 bridgehead atoms. The largest absolute Gasteiger partial charge is 0.550 e. The van der Waals surface area contributed by atoms with Crippen LogP contribution in [-0.2, 0) is 14.4 Å². The molecular weight excluding hydrogens is 410 g/mol. The smallest absolute Gasteiger partial charge is 0.311 e. The maximum atomic E-state index is 11.5. The molecule has 0 radical (unpaired) electrons. The predicted molar refractivity (Wildman–Crippen MR) is 124 cm³/mol. The van der Waals surface area contributed by atoms with E-state index in [9.17, 15) is 29.7 Å². The van der Waals surface area contributed by atoms with E-state index >= 15 is 0 Å². The van der Waals surface area contributed by atoms with Crippen molar-refractivity contribution < 1.29 is 34.2 Å². The zero-order chi connectivity index (χ0) is 24.6. The van der Waals surface area contributed by atoms with Gasteiger partial charge in [-0.2, -0.15) is 0 Å². The number of carbonyl (C=O) groups is 3. The summed E-state index contributed by atoms with van der Waals surface area (Å²) in [4.78, 5) is 34.4. The maximum Gasteiger partial charge on any atom is 0.311 e. The summed E-state index contributed by atoms with van der Waals surface area (Å²) in [5.41, 5.74) is 0. The molecule has 0 aliphatic carbocycles. The van der Waals surface area contributed by atoms with Gasteiger partial charge in [0.2, 0.25) is 0 Å². The third-order valence-electron chi connectivity index (χ3n) is 6.12. The van der Waals surface area contributed by atoms with Gasteiger partial charge in [-0.3, -0.25) is 9.59 Å². The van der Waals surface area contributed by atoms with Crippen LogP contribution < -0.4 is 5.11 Å². The molecule has 0 rings (SSSR count). The first-order chi connectivity index (χ1) is 15.0. The van der Waals surface area contributed by atoms with Crippen LogP contribution in [0.3, 0.4) is 0 Å². The molecule has 7 nitrogen and oxygen atoms in total. The summed E-state index contributed by atoms with van der Waals surface area (Å²) in [6, 6.07) is 0. The predicted octanol–water partition coefficient (Wildman–Crippen LogP) is 3.72. The first-order valence-electron chi connectivity index (χ1n) is 12.2. The van der Waals surface area contributed by atoms with Crippen molar-refractivity contribution in [2.45, 2.75) is 85.5 Å². The van der Waals surface area contributed by atoms with E-state index in [1.54, 1.807) is 20.8 Å². The zero-order valence-electron chi connectivity index (χ0n) is 20.6. The van der Waals surface area contributed by atoms with Gasteiger partial charge in [-0.25, -0.2) is 0 Å². The molecule has 0 heterocycles. The molecule has 7 heteroatoms. The minimum absolute atomic E-state index is 0.164. The van der Waals surface area contributed by atoms with Gasteiger partial charge in [0.05, 0.1) is 26.2 Å². The SMILES string of the molecule is CCCCCCC/C=C/CCCC[N+](CC(C)C(=O)[O-])(CC(C)C(=O)O)CC(C)C(=O)O. The second-order valence-corrected chi connectivity index (χ2v) is 9.48. The highest BCUT2D eigenvalue weighted by Gasteiger charge is 2.36. The molecule has 2 N–H and O–H groups in total. The fourth-order valence-electron chi connectivity index (χ4n) is 4.28. The number of quaternary nitrogens is 1. The van der Waals surface area contributed by atoms with Crippen molar-refractivity contribution >= 4 is 17.9 Å². The second kappa shape index (κ2) is 16.7. The Morgan fingerprint density at radius 3 is 1.62 bits per heavy atom.